The maximum atomic E-state index is 13.3. The summed E-state index contributed by atoms with van der Waals surface area (Å²) in [6.45, 7) is 4.76. The van der Waals surface area contributed by atoms with Gasteiger partial charge in [0.2, 0.25) is 5.91 Å². The van der Waals surface area contributed by atoms with Gasteiger partial charge in [-0.15, -0.1) is 0 Å². The van der Waals surface area contributed by atoms with Crippen molar-refractivity contribution in [1.82, 2.24) is 14.9 Å². The third-order valence-electron chi connectivity index (χ3n) is 6.31. The fraction of sp³-hybridized carbons (Fsp3) is 0.524. The molecule has 2 fully saturated rings. The van der Waals surface area contributed by atoms with Crippen molar-refractivity contribution in [1.29, 1.82) is 0 Å². The van der Waals surface area contributed by atoms with Gasteiger partial charge in [0.15, 0.2) is 0 Å². The van der Waals surface area contributed by atoms with Crippen molar-refractivity contribution in [2.45, 2.75) is 64.0 Å². The highest BCUT2D eigenvalue weighted by molar-refractivity contribution is 5.93. The summed E-state index contributed by atoms with van der Waals surface area (Å²) < 4.78 is 2.12. The summed E-state index contributed by atoms with van der Waals surface area (Å²) >= 11 is 0. The topological polar surface area (TPSA) is 46.9 Å². The van der Waals surface area contributed by atoms with Crippen LogP contribution in [0, 0.1) is 5.41 Å². The number of nitrogens with one attached hydrogen (secondary N) is 1. The van der Waals surface area contributed by atoms with Crippen LogP contribution in [-0.4, -0.2) is 15.5 Å². The monoisotopic (exact) mass is 337 g/mol. The number of nitrogens with zero attached hydrogens (tertiary/aromatic N) is 2. The molecule has 0 bridgehead atoms. The van der Waals surface area contributed by atoms with E-state index in [-0.39, 0.29) is 16.7 Å². The number of hydrogen-bond donors (Lipinski definition) is 1. The lowest BCUT2D eigenvalue weighted by molar-refractivity contribution is -0.124. The van der Waals surface area contributed by atoms with Gasteiger partial charge in [0, 0.05) is 18.4 Å². The fourth-order valence-corrected chi connectivity index (χ4v) is 4.96. The molecule has 1 N–H and O–H groups in total. The molecule has 1 atom stereocenters. The average molecular weight is 337 g/mol. The van der Waals surface area contributed by atoms with Gasteiger partial charge in [-0.05, 0) is 44.1 Å². The highest BCUT2D eigenvalue weighted by atomic mass is 16.2. The van der Waals surface area contributed by atoms with Crippen LogP contribution in [0.4, 0.5) is 0 Å². The number of rotatable bonds is 5. The van der Waals surface area contributed by atoms with Crippen molar-refractivity contribution in [2.75, 3.05) is 0 Å². The summed E-state index contributed by atoms with van der Waals surface area (Å²) in [5.41, 5.74) is 1.04. The molecule has 1 amide bonds. The van der Waals surface area contributed by atoms with Crippen LogP contribution in [0.1, 0.15) is 63.4 Å². The second-order valence-corrected chi connectivity index (χ2v) is 7.96. The van der Waals surface area contributed by atoms with E-state index in [1.165, 1.54) is 31.2 Å². The maximum absolute atomic E-state index is 13.3. The van der Waals surface area contributed by atoms with Gasteiger partial charge in [-0.1, -0.05) is 43.2 Å². The zero-order chi connectivity index (χ0) is 17.5. The van der Waals surface area contributed by atoms with E-state index < -0.39 is 0 Å². The molecule has 25 heavy (non-hydrogen) atoms. The first-order chi connectivity index (χ1) is 12.1. The van der Waals surface area contributed by atoms with E-state index in [2.05, 4.69) is 53.0 Å². The van der Waals surface area contributed by atoms with Crippen LogP contribution in [0.25, 0.3) is 0 Å². The van der Waals surface area contributed by atoms with E-state index in [1.54, 1.807) is 0 Å². The minimum Gasteiger partial charge on any atom is -0.348 e. The first-order valence-corrected chi connectivity index (χ1v) is 9.45. The smallest absolute Gasteiger partial charge is 0.231 e. The summed E-state index contributed by atoms with van der Waals surface area (Å²) in [4.78, 5) is 17.7. The zero-order valence-electron chi connectivity index (χ0n) is 15.2. The fourth-order valence-electron chi connectivity index (χ4n) is 4.96. The Labute approximate surface area is 149 Å². The summed E-state index contributed by atoms with van der Waals surface area (Å²) in [6, 6.07) is 10.7. The molecule has 1 aromatic carbocycles. The largest absolute Gasteiger partial charge is 0.348 e. The number of carbonyl (C=O) groups is 1. The van der Waals surface area contributed by atoms with Gasteiger partial charge < -0.3 is 9.88 Å². The first kappa shape index (κ1) is 16.4. The van der Waals surface area contributed by atoms with Crippen LogP contribution in [0.2, 0.25) is 0 Å². The summed E-state index contributed by atoms with van der Waals surface area (Å²) in [5, 5.41) is 3.21. The minimum atomic E-state index is -0.333. The number of hydrogen-bond acceptors (Lipinski definition) is 2. The molecule has 0 saturated heterocycles. The van der Waals surface area contributed by atoms with Crippen LogP contribution < -0.4 is 5.32 Å². The molecule has 4 nitrogen and oxygen atoms in total. The number of amides is 1. The Morgan fingerprint density at radius 1 is 1.24 bits per heavy atom. The van der Waals surface area contributed by atoms with Crippen LogP contribution in [0.3, 0.4) is 0 Å². The molecule has 2 aromatic rings. The third kappa shape index (κ3) is 2.50. The Bertz CT molecular complexity index is 758. The molecule has 2 saturated carbocycles. The van der Waals surface area contributed by atoms with E-state index >= 15 is 0 Å². The molecular weight excluding hydrogens is 310 g/mol. The van der Waals surface area contributed by atoms with E-state index in [1.807, 2.05) is 18.5 Å². The van der Waals surface area contributed by atoms with Crippen LogP contribution in [0.15, 0.2) is 42.7 Å². The van der Waals surface area contributed by atoms with Gasteiger partial charge in [-0.3, -0.25) is 4.79 Å². The van der Waals surface area contributed by atoms with Crippen molar-refractivity contribution in [2.24, 2.45) is 5.41 Å². The molecular formula is C21H27N3O. The minimum absolute atomic E-state index is 0.180. The van der Waals surface area contributed by atoms with Crippen LogP contribution in [-0.2, 0) is 16.8 Å². The molecule has 2 aliphatic carbocycles. The van der Waals surface area contributed by atoms with Crippen molar-refractivity contribution in [3.8, 4) is 0 Å². The van der Waals surface area contributed by atoms with Crippen molar-refractivity contribution >= 4 is 5.91 Å². The second-order valence-electron chi connectivity index (χ2n) is 7.96. The number of aromatic nitrogens is 2. The molecule has 1 aromatic heterocycles. The average Bonchev–Trinajstić information content (AvgIpc) is 2.97. The van der Waals surface area contributed by atoms with Gasteiger partial charge in [0.05, 0.1) is 12.0 Å². The van der Waals surface area contributed by atoms with E-state index in [9.17, 15) is 4.79 Å². The predicted molar refractivity (Wildman–Crippen MR) is 98.1 cm³/mol. The molecule has 4 rings (SSSR count). The van der Waals surface area contributed by atoms with Gasteiger partial charge >= 0.3 is 0 Å². The standard InChI is InChI=1S/C21H27N3O/c1-16(2)24-13-12-22-18(24)14-23-19(25)21(17-8-4-3-5-9-17)15-20(21)10-6-7-11-20/h3-5,8-9,12-13,16H,6-7,10-11,14-15H2,1-2H3,(H,23,25). The molecule has 2 aliphatic rings. The summed E-state index contributed by atoms with van der Waals surface area (Å²) in [6.07, 6.45) is 9.64. The van der Waals surface area contributed by atoms with Crippen molar-refractivity contribution < 1.29 is 4.79 Å². The Balaban J connectivity index is 1.57. The van der Waals surface area contributed by atoms with Crippen molar-refractivity contribution in [3.05, 3.63) is 54.1 Å². The predicted octanol–water partition coefficient (Wildman–Crippen LogP) is 3.98. The lowest BCUT2D eigenvalue weighted by Crippen LogP contribution is -2.38. The summed E-state index contributed by atoms with van der Waals surface area (Å²) in [5.74, 6) is 1.10. The Morgan fingerprint density at radius 2 is 1.96 bits per heavy atom. The van der Waals surface area contributed by atoms with Gasteiger partial charge in [0.25, 0.3) is 0 Å². The molecule has 1 unspecified atom stereocenters. The van der Waals surface area contributed by atoms with E-state index in [0.717, 1.165) is 12.2 Å². The molecule has 0 radical (unpaired) electrons. The Hall–Kier alpha value is -2.10. The van der Waals surface area contributed by atoms with E-state index in [0.29, 0.717) is 12.6 Å². The molecule has 0 aliphatic heterocycles. The number of imidazole rings is 1. The van der Waals surface area contributed by atoms with Crippen LogP contribution in [0.5, 0.6) is 0 Å². The van der Waals surface area contributed by atoms with Gasteiger partial charge in [0.1, 0.15) is 5.82 Å². The zero-order valence-corrected chi connectivity index (χ0v) is 15.2. The Kier molecular flexibility index (Phi) is 3.94. The normalized spacial score (nSPS) is 24.0. The Morgan fingerprint density at radius 3 is 2.64 bits per heavy atom. The lowest BCUT2D eigenvalue weighted by Gasteiger charge is -2.23. The lowest BCUT2D eigenvalue weighted by atomic mass is 9.84. The van der Waals surface area contributed by atoms with Crippen LogP contribution >= 0.6 is 0 Å². The quantitative estimate of drug-likeness (QED) is 0.897. The number of benzene rings is 1. The summed E-state index contributed by atoms with van der Waals surface area (Å²) in [7, 11) is 0. The maximum Gasteiger partial charge on any atom is 0.231 e. The molecule has 132 valence electrons. The molecule has 1 spiro atoms. The number of carbonyl (C=O) groups excluding carboxylic acids is 1. The van der Waals surface area contributed by atoms with Gasteiger partial charge in [-0.25, -0.2) is 4.98 Å². The third-order valence-corrected chi connectivity index (χ3v) is 6.31. The highest BCUT2D eigenvalue weighted by Gasteiger charge is 2.72. The first-order valence-electron chi connectivity index (χ1n) is 9.45. The van der Waals surface area contributed by atoms with Crippen molar-refractivity contribution in [3.63, 3.8) is 0 Å². The highest BCUT2D eigenvalue weighted by Crippen LogP contribution is 2.72. The van der Waals surface area contributed by atoms with Gasteiger partial charge in [-0.2, -0.15) is 0 Å². The SMILES string of the molecule is CC(C)n1ccnc1CNC(=O)C1(c2ccccc2)CC12CCCC2. The molecule has 1 heterocycles. The molecule has 4 heteroatoms. The van der Waals surface area contributed by atoms with E-state index in [4.69, 9.17) is 0 Å². The second kappa shape index (κ2) is 6.01.